The van der Waals surface area contributed by atoms with Crippen molar-refractivity contribution in [3.63, 3.8) is 0 Å². The number of oxazole rings is 1. The van der Waals surface area contributed by atoms with Gasteiger partial charge in [-0.1, -0.05) is 23.2 Å². The Morgan fingerprint density at radius 2 is 1.92 bits per heavy atom. The van der Waals surface area contributed by atoms with E-state index in [1.54, 1.807) is 18.2 Å². The van der Waals surface area contributed by atoms with Crippen LogP contribution in [0.2, 0.25) is 10.0 Å². The van der Waals surface area contributed by atoms with Crippen molar-refractivity contribution in [3.8, 4) is 11.3 Å². The number of nitrogens with zero attached hydrogens (tertiary/aromatic N) is 2. The highest BCUT2D eigenvalue weighted by Crippen LogP contribution is 2.31. The van der Waals surface area contributed by atoms with Crippen LogP contribution in [0, 0.1) is 0 Å². The van der Waals surface area contributed by atoms with Crippen molar-refractivity contribution in [1.82, 2.24) is 20.6 Å². The van der Waals surface area contributed by atoms with Crippen molar-refractivity contribution in [2.75, 3.05) is 18.5 Å². The Bertz CT molecular complexity index is 1290. The van der Waals surface area contributed by atoms with Crippen LogP contribution in [0.4, 0.5) is 5.69 Å². The zero-order valence-corrected chi connectivity index (χ0v) is 21.4. The number of hydrogen-bond donors (Lipinski definition) is 6. The molecule has 0 spiro atoms. The lowest BCUT2D eigenvalue weighted by Gasteiger charge is -2.18. The van der Waals surface area contributed by atoms with Crippen molar-refractivity contribution in [2.45, 2.75) is 31.5 Å². The average molecular weight is 566 g/mol. The number of halogens is 2. The molecular weight excluding hydrogens is 541 g/mol. The van der Waals surface area contributed by atoms with Crippen LogP contribution in [0.25, 0.3) is 11.3 Å². The molecule has 3 rings (SSSR count). The average Bonchev–Trinajstić information content (AvgIpc) is 3.37. The highest BCUT2D eigenvalue weighted by Gasteiger charge is 2.23. The number of nitrogens with one attached hydrogen (secondary N) is 3. The molecule has 38 heavy (non-hydrogen) atoms. The van der Waals surface area contributed by atoms with Gasteiger partial charge in [0.05, 0.1) is 42.2 Å². The molecule has 0 radical (unpaired) electrons. The van der Waals surface area contributed by atoms with Gasteiger partial charge in [0.15, 0.2) is 5.76 Å². The van der Waals surface area contributed by atoms with Gasteiger partial charge in [0.2, 0.25) is 17.7 Å². The second-order valence-corrected chi connectivity index (χ2v) is 8.91. The second kappa shape index (κ2) is 13.8. The maximum atomic E-state index is 13.1. The minimum Gasteiger partial charge on any atom is -0.478 e. The lowest BCUT2D eigenvalue weighted by Crippen LogP contribution is -2.42. The quantitative estimate of drug-likeness (QED) is 0.179. The molecule has 0 aliphatic carbocycles. The Morgan fingerprint density at radius 3 is 2.66 bits per heavy atom. The molecule has 0 saturated carbocycles. The number of benzene rings is 1. The number of anilines is 1. The summed E-state index contributed by atoms with van der Waals surface area (Å²) in [6.07, 6.45) is 2.69. The van der Waals surface area contributed by atoms with E-state index in [2.05, 4.69) is 25.9 Å². The topological polar surface area (TPSA) is 187 Å². The number of aliphatic hydroxyl groups excluding tert-OH is 2. The molecule has 0 bridgehead atoms. The Kier molecular flexibility index (Phi) is 10.6. The first-order valence-electron chi connectivity index (χ1n) is 11.3. The van der Waals surface area contributed by atoms with E-state index in [9.17, 15) is 24.6 Å². The predicted molar refractivity (Wildman–Crippen MR) is 138 cm³/mol. The molecule has 0 aliphatic heterocycles. The van der Waals surface area contributed by atoms with Crippen LogP contribution in [-0.2, 0) is 16.1 Å². The Morgan fingerprint density at radius 1 is 1.13 bits per heavy atom. The summed E-state index contributed by atoms with van der Waals surface area (Å²) in [5.41, 5.74) is 0.368. The fourth-order valence-corrected chi connectivity index (χ4v) is 3.68. The molecule has 202 valence electrons. The smallest absolute Gasteiger partial charge is 0.339 e. The van der Waals surface area contributed by atoms with Gasteiger partial charge < -0.3 is 30.4 Å². The highest BCUT2D eigenvalue weighted by molar-refractivity contribution is 6.35. The first-order chi connectivity index (χ1) is 18.2. The molecule has 0 fully saturated rings. The summed E-state index contributed by atoms with van der Waals surface area (Å²) in [5, 5.41) is 36.5. The third-order valence-corrected chi connectivity index (χ3v) is 5.84. The van der Waals surface area contributed by atoms with Gasteiger partial charge in [-0.15, -0.1) is 0 Å². The van der Waals surface area contributed by atoms with Crippen molar-refractivity contribution < 1.29 is 34.1 Å². The minimum absolute atomic E-state index is 0.00800. The number of aromatic carboxylic acids is 1. The van der Waals surface area contributed by atoms with E-state index in [1.165, 1.54) is 18.5 Å². The Balaban J connectivity index is 1.71. The number of aliphatic hydroxyl groups is 2. The molecule has 1 aromatic carbocycles. The van der Waals surface area contributed by atoms with E-state index in [1.807, 2.05) is 0 Å². The minimum atomic E-state index is -1.27. The number of aromatic nitrogens is 2. The number of pyridine rings is 1. The van der Waals surface area contributed by atoms with Gasteiger partial charge in [0.1, 0.15) is 5.56 Å². The van der Waals surface area contributed by atoms with Crippen molar-refractivity contribution in [3.05, 3.63) is 64.4 Å². The summed E-state index contributed by atoms with van der Waals surface area (Å²) in [6.45, 7) is -0.670. The lowest BCUT2D eigenvalue weighted by molar-refractivity contribution is -0.122. The fourth-order valence-electron chi connectivity index (χ4n) is 3.29. The predicted octanol–water partition coefficient (Wildman–Crippen LogP) is 2.09. The van der Waals surface area contributed by atoms with E-state index in [0.29, 0.717) is 21.4 Å². The Hall–Kier alpha value is -3.55. The van der Waals surface area contributed by atoms with Gasteiger partial charge in [-0.25, -0.2) is 9.78 Å². The zero-order valence-electron chi connectivity index (χ0n) is 19.9. The summed E-state index contributed by atoms with van der Waals surface area (Å²) in [4.78, 5) is 44.7. The van der Waals surface area contributed by atoms with E-state index in [4.69, 9.17) is 32.7 Å². The van der Waals surface area contributed by atoms with Gasteiger partial charge >= 0.3 is 5.97 Å². The van der Waals surface area contributed by atoms with E-state index in [0.717, 1.165) is 6.20 Å². The lowest BCUT2D eigenvalue weighted by atomic mass is 10.1. The van der Waals surface area contributed by atoms with Crippen LogP contribution < -0.4 is 16.0 Å². The third-order valence-electron chi connectivity index (χ3n) is 5.28. The number of rotatable bonds is 13. The second-order valence-electron chi connectivity index (χ2n) is 8.07. The first-order valence-corrected chi connectivity index (χ1v) is 12.1. The van der Waals surface area contributed by atoms with Crippen LogP contribution >= 0.6 is 23.2 Å². The van der Waals surface area contributed by atoms with Crippen LogP contribution in [0.3, 0.4) is 0 Å². The largest absolute Gasteiger partial charge is 0.478 e. The molecule has 2 unspecified atom stereocenters. The van der Waals surface area contributed by atoms with Crippen LogP contribution in [0.1, 0.15) is 29.1 Å². The van der Waals surface area contributed by atoms with Crippen molar-refractivity contribution >= 4 is 46.7 Å². The normalized spacial score (nSPS) is 12.5. The molecule has 0 aliphatic rings. The molecule has 2 amide bonds. The van der Waals surface area contributed by atoms with Crippen molar-refractivity contribution in [2.24, 2.45) is 0 Å². The molecular formula is C24H25Cl2N5O7. The molecule has 2 atom stereocenters. The highest BCUT2D eigenvalue weighted by atomic mass is 35.5. The zero-order chi connectivity index (χ0) is 27.7. The summed E-state index contributed by atoms with van der Waals surface area (Å²) < 4.78 is 5.74. The monoisotopic (exact) mass is 565 g/mol. The van der Waals surface area contributed by atoms with Crippen LogP contribution in [-0.4, -0.2) is 68.4 Å². The van der Waals surface area contributed by atoms with Crippen molar-refractivity contribution in [1.29, 1.82) is 0 Å². The van der Waals surface area contributed by atoms with Gasteiger partial charge in [-0.3, -0.25) is 19.9 Å². The van der Waals surface area contributed by atoms with Gasteiger partial charge in [-0.05, 0) is 30.7 Å². The van der Waals surface area contributed by atoms with E-state index in [-0.39, 0.29) is 43.1 Å². The summed E-state index contributed by atoms with van der Waals surface area (Å²) >= 11 is 12.3. The van der Waals surface area contributed by atoms with Gasteiger partial charge in [-0.2, -0.15) is 0 Å². The van der Waals surface area contributed by atoms with Gasteiger partial charge in [0, 0.05) is 35.9 Å². The number of carbonyl (C=O) groups excluding carboxylic acids is 2. The molecule has 0 saturated heterocycles. The SMILES string of the molecule is O=C(CCC(NCc1ncc(-c2cc(Cl)ccc2Cl)o1)C(=O)Nc1ccncc1C(=O)O)NCC(O)CO. The summed E-state index contributed by atoms with van der Waals surface area (Å²) in [5.74, 6) is -1.75. The number of hydrogen-bond acceptors (Lipinski definition) is 9. The van der Waals surface area contributed by atoms with Crippen LogP contribution in [0.5, 0.6) is 0 Å². The number of amides is 2. The number of carboxylic acids is 1. The maximum absolute atomic E-state index is 13.1. The fraction of sp³-hybridized carbons (Fsp3) is 0.292. The molecule has 6 N–H and O–H groups in total. The van der Waals surface area contributed by atoms with Gasteiger partial charge in [0.25, 0.3) is 0 Å². The third kappa shape index (κ3) is 8.23. The summed E-state index contributed by atoms with van der Waals surface area (Å²) in [6, 6.07) is 5.25. The standard InChI is InChI=1S/C24H25Cl2N5O7/c25-13-1-2-17(26)15(7-13)20-10-30-22(38-20)11-28-19(3-4-21(34)29-8-14(33)12-32)23(35)31-18-5-6-27-9-16(18)24(36)37/h1-2,5-7,9-10,14,19,28,32-33H,3-4,8,11-12H2,(H,29,34)(H,36,37)(H,27,31,35). The number of carboxylic acid groups (broad SMARTS) is 1. The van der Waals surface area contributed by atoms with E-state index < -0.39 is 36.5 Å². The molecule has 2 heterocycles. The van der Waals surface area contributed by atoms with E-state index >= 15 is 0 Å². The number of carbonyl (C=O) groups is 3. The molecule has 12 nitrogen and oxygen atoms in total. The molecule has 14 heteroatoms. The first kappa shape index (κ1) is 29.0. The molecule has 2 aromatic heterocycles. The Labute approximate surface area is 227 Å². The van der Waals surface area contributed by atoms with Crippen LogP contribution in [0.15, 0.2) is 47.3 Å². The maximum Gasteiger partial charge on any atom is 0.339 e. The summed E-state index contributed by atoms with van der Waals surface area (Å²) in [7, 11) is 0. The molecule has 3 aromatic rings.